The third-order valence-electron chi connectivity index (χ3n) is 4.47. The Hall–Kier alpha value is -2.51. The molecule has 0 spiro atoms. The predicted molar refractivity (Wildman–Crippen MR) is 115 cm³/mol. The molecular formula is C24H27O3P. The Kier molecular flexibility index (Phi) is 7.75. The monoisotopic (exact) mass is 394 g/mol. The summed E-state index contributed by atoms with van der Waals surface area (Å²) < 4.78 is 25.0. The van der Waals surface area contributed by atoms with Crippen molar-refractivity contribution in [3.63, 3.8) is 0 Å². The minimum atomic E-state index is -3.27. The third kappa shape index (κ3) is 6.90. The highest BCUT2D eigenvalue weighted by Gasteiger charge is 2.27. The maximum Gasteiger partial charge on any atom is 0.430 e. The summed E-state index contributed by atoms with van der Waals surface area (Å²) in [4.78, 5) is 0. The molecule has 0 bridgehead atoms. The normalized spacial score (nSPS) is 11.1. The summed E-state index contributed by atoms with van der Waals surface area (Å²) in [6.07, 6.45) is 5.54. The molecule has 0 aliphatic rings. The maximum absolute atomic E-state index is 13.4. The molecular weight excluding hydrogens is 367 g/mol. The number of hydrogen-bond acceptors (Lipinski definition) is 3. The van der Waals surface area contributed by atoms with E-state index in [0.717, 1.165) is 32.1 Å². The van der Waals surface area contributed by atoms with Gasteiger partial charge in [0.1, 0.15) is 11.5 Å². The van der Waals surface area contributed by atoms with E-state index >= 15 is 0 Å². The van der Waals surface area contributed by atoms with E-state index in [-0.39, 0.29) is 0 Å². The van der Waals surface area contributed by atoms with Crippen LogP contribution in [0.2, 0.25) is 0 Å². The van der Waals surface area contributed by atoms with Gasteiger partial charge in [-0.15, -0.1) is 0 Å². The molecule has 0 fully saturated rings. The second kappa shape index (κ2) is 10.7. The van der Waals surface area contributed by atoms with E-state index < -0.39 is 7.60 Å². The lowest BCUT2D eigenvalue weighted by atomic mass is 10.1. The van der Waals surface area contributed by atoms with Gasteiger partial charge in [-0.2, -0.15) is 0 Å². The third-order valence-corrected chi connectivity index (χ3v) is 6.31. The van der Waals surface area contributed by atoms with Crippen LogP contribution in [0.15, 0.2) is 91.0 Å². The Balaban J connectivity index is 1.51. The summed E-state index contributed by atoms with van der Waals surface area (Å²) in [6, 6.07) is 29.0. The van der Waals surface area contributed by atoms with Crippen LogP contribution >= 0.6 is 7.60 Å². The van der Waals surface area contributed by atoms with Gasteiger partial charge in [-0.25, -0.2) is 4.57 Å². The largest absolute Gasteiger partial charge is 0.430 e. The summed E-state index contributed by atoms with van der Waals surface area (Å²) in [5.74, 6) is 1.15. The first-order valence-electron chi connectivity index (χ1n) is 9.86. The van der Waals surface area contributed by atoms with E-state index in [0.29, 0.717) is 17.7 Å². The predicted octanol–water partition coefficient (Wildman–Crippen LogP) is 7.14. The van der Waals surface area contributed by atoms with Gasteiger partial charge >= 0.3 is 7.60 Å². The smallest absolute Gasteiger partial charge is 0.416 e. The molecule has 0 saturated heterocycles. The second-order valence-electron chi connectivity index (χ2n) is 6.79. The molecule has 0 aliphatic heterocycles. The van der Waals surface area contributed by atoms with Crippen LogP contribution in [0.25, 0.3) is 0 Å². The highest BCUT2D eigenvalue weighted by molar-refractivity contribution is 7.54. The molecule has 3 aromatic rings. The number of unbranched alkanes of at least 4 members (excludes halogenated alkanes) is 3. The van der Waals surface area contributed by atoms with E-state index in [9.17, 15) is 4.57 Å². The van der Waals surface area contributed by atoms with Crippen molar-refractivity contribution in [1.29, 1.82) is 0 Å². The molecule has 28 heavy (non-hydrogen) atoms. The lowest BCUT2D eigenvalue weighted by molar-refractivity contribution is 0.383. The van der Waals surface area contributed by atoms with Gasteiger partial charge in [0.05, 0.1) is 6.16 Å². The summed E-state index contributed by atoms with van der Waals surface area (Å²) >= 11 is 0. The Labute approximate surface area is 167 Å². The lowest BCUT2D eigenvalue weighted by Crippen LogP contribution is -2.05. The molecule has 0 unspecified atom stereocenters. The SMILES string of the molecule is O=P(CCCCCCc1ccccc1)(Oc1ccccc1)Oc1ccccc1. The average Bonchev–Trinajstić information content (AvgIpc) is 2.73. The molecule has 3 nitrogen and oxygen atoms in total. The fourth-order valence-electron chi connectivity index (χ4n) is 3.03. The fourth-order valence-corrected chi connectivity index (χ4v) is 4.74. The number of rotatable bonds is 11. The van der Waals surface area contributed by atoms with E-state index in [1.54, 1.807) is 24.3 Å². The van der Waals surface area contributed by atoms with Crippen LogP contribution in [0.4, 0.5) is 0 Å². The van der Waals surface area contributed by atoms with Crippen LogP contribution in [0.1, 0.15) is 31.2 Å². The van der Waals surface area contributed by atoms with Crippen LogP contribution < -0.4 is 9.05 Å². The molecule has 3 aromatic carbocycles. The molecule has 0 heterocycles. The van der Waals surface area contributed by atoms with Crippen molar-refractivity contribution < 1.29 is 13.6 Å². The molecule has 0 atom stereocenters. The van der Waals surface area contributed by atoms with Crippen molar-refractivity contribution >= 4 is 7.60 Å². The van der Waals surface area contributed by atoms with Crippen LogP contribution in [0, 0.1) is 0 Å². The summed E-state index contributed by atoms with van der Waals surface area (Å²) in [5.41, 5.74) is 1.37. The quantitative estimate of drug-likeness (QED) is 0.256. The van der Waals surface area contributed by atoms with Crippen molar-refractivity contribution in [1.82, 2.24) is 0 Å². The van der Waals surface area contributed by atoms with Gasteiger partial charge in [-0.3, -0.25) is 0 Å². The highest BCUT2D eigenvalue weighted by Crippen LogP contribution is 2.49. The molecule has 0 N–H and O–H groups in total. The van der Waals surface area contributed by atoms with Gasteiger partial charge in [-0.05, 0) is 49.1 Å². The summed E-state index contributed by atoms with van der Waals surface area (Å²) in [7, 11) is -3.27. The van der Waals surface area contributed by atoms with Crippen molar-refractivity contribution in [2.75, 3.05) is 6.16 Å². The van der Waals surface area contributed by atoms with Gasteiger partial charge in [-0.1, -0.05) is 79.6 Å². The van der Waals surface area contributed by atoms with Crippen LogP contribution in [0.3, 0.4) is 0 Å². The van der Waals surface area contributed by atoms with Gasteiger partial charge in [0.25, 0.3) is 0 Å². The van der Waals surface area contributed by atoms with Gasteiger partial charge < -0.3 is 9.05 Å². The van der Waals surface area contributed by atoms with Crippen molar-refractivity contribution in [3.8, 4) is 11.5 Å². The topological polar surface area (TPSA) is 35.5 Å². The highest BCUT2D eigenvalue weighted by atomic mass is 31.2. The van der Waals surface area contributed by atoms with Crippen molar-refractivity contribution in [2.45, 2.75) is 32.1 Å². The number of para-hydroxylation sites is 2. The first-order chi connectivity index (χ1) is 13.7. The molecule has 3 rings (SSSR count). The first kappa shape index (κ1) is 20.2. The minimum Gasteiger partial charge on any atom is -0.416 e. The number of hydrogen-bond donors (Lipinski definition) is 0. The minimum absolute atomic E-state index is 0.405. The van der Waals surface area contributed by atoms with Crippen molar-refractivity contribution in [2.24, 2.45) is 0 Å². The zero-order valence-electron chi connectivity index (χ0n) is 16.1. The fraction of sp³-hybridized carbons (Fsp3) is 0.250. The average molecular weight is 394 g/mol. The van der Waals surface area contributed by atoms with Gasteiger partial charge in [0.2, 0.25) is 0 Å². The van der Waals surface area contributed by atoms with E-state index in [1.807, 2.05) is 42.5 Å². The second-order valence-corrected chi connectivity index (χ2v) is 8.83. The van der Waals surface area contributed by atoms with Crippen LogP contribution in [-0.4, -0.2) is 6.16 Å². The number of benzene rings is 3. The first-order valence-corrected chi connectivity index (χ1v) is 11.6. The van der Waals surface area contributed by atoms with E-state index in [2.05, 4.69) is 24.3 Å². The Morgan fingerprint density at radius 1 is 0.571 bits per heavy atom. The van der Waals surface area contributed by atoms with E-state index in [4.69, 9.17) is 9.05 Å². The Morgan fingerprint density at radius 2 is 1.04 bits per heavy atom. The molecule has 146 valence electrons. The lowest BCUT2D eigenvalue weighted by Gasteiger charge is -2.20. The Bertz CT molecular complexity index is 805. The maximum atomic E-state index is 13.4. The molecule has 0 amide bonds. The van der Waals surface area contributed by atoms with Gasteiger partial charge in [0.15, 0.2) is 0 Å². The summed E-state index contributed by atoms with van der Waals surface area (Å²) in [5, 5.41) is 0. The zero-order chi connectivity index (χ0) is 19.5. The van der Waals surface area contributed by atoms with Gasteiger partial charge in [0, 0.05) is 0 Å². The molecule has 0 saturated carbocycles. The van der Waals surface area contributed by atoms with Crippen LogP contribution in [-0.2, 0) is 11.0 Å². The standard InChI is InChI=1S/C24H27O3P/c25-28(26-23-17-9-4-10-18-23,27-24-19-11-5-12-20-24)21-13-2-1-6-14-22-15-7-3-8-16-22/h3-5,7-12,15-20H,1-2,6,13-14,21H2. The molecule has 0 aromatic heterocycles. The molecule has 0 aliphatic carbocycles. The molecule has 4 heteroatoms. The molecule has 0 radical (unpaired) electrons. The number of aryl methyl sites for hydroxylation is 1. The van der Waals surface area contributed by atoms with Crippen LogP contribution in [0.5, 0.6) is 11.5 Å². The van der Waals surface area contributed by atoms with Crippen molar-refractivity contribution in [3.05, 3.63) is 96.6 Å². The van der Waals surface area contributed by atoms with E-state index in [1.165, 1.54) is 5.56 Å². The zero-order valence-corrected chi connectivity index (χ0v) is 17.0. The Morgan fingerprint density at radius 3 is 1.57 bits per heavy atom. The summed E-state index contributed by atoms with van der Waals surface area (Å²) in [6.45, 7) is 0.